The molecule has 0 aliphatic rings. The van der Waals surface area contributed by atoms with Crippen molar-refractivity contribution in [2.75, 3.05) is 0 Å². The van der Waals surface area contributed by atoms with Crippen molar-refractivity contribution < 1.29 is 9.18 Å². The number of halogens is 2. The Morgan fingerprint density at radius 3 is 2.48 bits per heavy atom. The lowest BCUT2D eigenvalue weighted by Gasteiger charge is -2.22. The number of benzene rings is 1. The first kappa shape index (κ1) is 15.4. The Morgan fingerprint density at radius 1 is 1.24 bits per heavy atom. The van der Waals surface area contributed by atoms with Gasteiger partial charge in [-0.2, -0.15) is 0 Å². The van der Waals surface area contributed by atoms with Gasteiger partial charge in [-0.05, 0) is 35.7 Å². The predicted octanol–water partition coefficient (Wildman–Crippen LogP) is 4.00. The average Bonchev–Trinajstić information content (AvgIpc) is 2.45. The summed E-state index contributed by atoms with van der Waals surface area (Å²) in [6.07, 6.45) is 1.49. The number of hydrogen-bond donors (Lipinski definition) is 1. The zero-order valence-corrected chi connectivity index (χ0v) is 12.6. The van der Waals surface area contributed by atoms with Crippen LogP contribution in [0, 0.1) is 11.7 Å². The molecule has 1 aromatic heterocycles. The number of aromatic nitrogens is 1. The smallest absolute Gasteiger partial charge is 0.270 e. The van der Waals surface area contributed by atoms with E-state index in [0.29, 0.717) is 5.02 Å². The van der Waals surface area contributed by atoms with E-state index in [1.54, 1.807) is 18.2 Å². The lowest BCUT2D eigenvalue weighted by atomic mass is 9.96. The molecule has 0 saturated heterocycles. The van der Waals surface area contributed by atoms with Gasteiger partial charge in [0.2, 0.25) is 0 Å². The van der Waals surface area contributed by atoms with E-state index in [1.165, 1.54) is 24.4 Å². The molecule has 0 saturated carbocycles. The molecule has 0 fully saturated rings. The minimum Gasteiger partial charge on any atom is -0.344 e. The van der Waals surface area contributed by atoms with Crippen LogP contribution in [0.25, 0.3) is 0 Å². The minimum atomic E-state index is -0.305. The quantitative estimate of drug-likeness (QED) is 0.927. The zero-order valence-electron chi connectivity index (χ0n) is 11.8. The van der Waals surface area contributed by atoms with E-state index in [-0.39, 0.29) is 29.4 Å². The second kappa shape index (κ2) is 6.68. The first-order chi connectivity index (χ1) is 9.97. The highest BCUT2D eigenvalue weighted by molar-refractivity contribution is 6.30. The monoisotopic (exact) mass is 306 g/mol. The summed E-state index contributed by atoms with van der Waals surface area (Å²) >= 11 is 5.86. The minimum absolute atomic E-state index is 0.151. The third-order valence-corrected chi connectivity index (χ3v) is 3.37. The number of pyridine rings is 1. The van der Waals surface area contributed by atoms with Gasteiger partial charge >= 0.3 is 0 Å². The van der Waals surface area contributed by atoms with Crippen LogP contribution in [0.3, 0.4) is 0 Å². The lowest BCUT2D eigenvalue weighted by Crippen LogP contribution is -2.32. The Balaban J connectivity index is 2.20. The molecule has 1 atom stereocenters. The first-order valence-corrected chi connectivity index (χ1v) is 7.03. The molecule has 2 rings (SSSR count). The van der Waals surface area contributed by atoms with E-state index < -0.39 is 0 Å². The largest absolute Gasteiger partial charge is 0.344 e. The summed E-state index contributed by atoms with van der Waals surface area (Å²) in [4.78, 5) is 16.2. The van der Waals surface area contributed by atoms with E-state index in [1.807, 2.05) is 13.8 Å². The van der Waals surface area contributed by atoms with Crippen LogP contribution in [0.2, 0.25) is 5.02 Å². The summed E-state index contributed by atoms with van der Waals surface area (Å²) in [5.41, 5.74) is 1.11. The van der Waals surface area contributed by atoms with Gasteiger partial charge in [0.25, 0.3) is 5.91 Å². The Bertz CT molecular complexity index is 628. The molecule has 2 aromatic rings. The summed E-state index contributed by atoms with van der Waals surface area (Å²) in [5, 5.41) is 3.37. The van der Waals surface area contributed by atoms with Crippen LogP contribution in [0.15, 0.2) is 42.6 Å². The van der Waals surface area contributed by atoms with Gasteiger partial charge in [-0.3, -0.25) is 9.78 Å². The van der Waals surface area contributed by atoms with Gasteiger partial charge in [0.1, 0.15) is 11.5 Å². The van der Waals surface area contributed by atoms with E-state index >= 15 is 0 Å². The summed E-state index contributed by atoms with van der Waals surface area (Å²) in [5.74, 6) is -0.455. The molecule has 1 amide bonds. The Hall–Kier alpha value is -1.94. The van der Waals surface area contributed by atoms with Crippen molar-refractivity contribution >= 4 is 17.5 Å². The second-order valence-electron chi connectivity index (χ2n) is 5.11. The average molecular weight is 307 g/mol. The van der Waals surface area contributed by atoms with Gasteiger partial charge in [-0.15, -0.1) is 0 Å². The second-order valence-corrected chi connectivity index (χ2v) is 5.54. The highest BCUT2D eigenvalue weighted by Crippen LogP contribution is 2.22. The maximum atomic E-state index is 13.0. The fourth-order valence-electron chi connectivity index (χ4n) is 2.05. The van der Waals surface area contributed by atoms with Crippen molar-refractivity contribution in [3.05, 3.63) is 64.7 Å². The lowest BCUT2D eigenvalue weighted by molar-refractivity contribution is 0.0920. The Morgan fingerprint density at radius 2 is 1.90 bits per heavy atom. The van der Waals surface area contributed by atoms with Crippen LogP contribution in [-0.4, -0.2) is 10.9 Å². The summed E-state index contributed by atoms with van der Waals surface area (Å²) in [6, 6.07) is 9.01. The normalized spacial score (nSPS) is 12.2. The molecule has 0 aliphatic heterocycles. The fraction of sp³-hybridized carbons (Fsp3) is 0.250. The fourth-order valence-corrected chi connectivity index (χ4v) is 2.21. The van der Waals surface area contributed by atoms with Crippen molar-refractivity contribution in [2.45, 2.75) is 19.9 Å². The number of rotatable bonds is 4. The third kappa shape index (κ3) is 4.02. The molecular formula is C16H16ClFN2O. The van der Waals surface area contributed by atoms with Crippen LogP contribution >= 0.6 is 11.6 Å². The number of amides is 1. The third-order valence-electron chi connectivity index (χ3n) is 3.14. The SMILES string of the molecule is CC(C)C(NC(=O)c1cc(Cl)ccn1)c1ccc(F)cc1. The van der Waals surface area contributed by atoms with Gasteiger partial charge in [-0.25, -0.2) is 4.39 Å². The van der Waals surface area contributed by atoms with E-state index in [9.17, 15) is 9.18 Å². The molecule has 0 bridgehead atoms. The summed E-state index contributed by atoms with van der Waals surface area (Å²) < 4.78 is 13.0. The molecule has 1 N–H and O–H groups in total. The van der Waals surface area contributed by atoms with Crippen molar-refractivity contribution in [1.29, 1.82) is 0 Å². The summed E-state index contributed by atoms with van der Waals surface area (Å²) in [7, 11) is 0. The Kier molecular flexibility index (Phi) is 4.91. The molecule has 0 spiro atoms. The zero-order chi connectivity index (χ0) is 15.4. The highest BCUT2D eigenvalue weighted by Gasteiger charge is 2.20. The molecule has 1 aromatic carbocycles. The number of carbonyl (C=O) groups excluding carboxylic acids is 1. The van der Waals surface area contributed by atoms with Gasteiger partial charge in [0.15, 0.2) is 0 Å². The number of carbonyl (C=O) groups is 1. The maximum absolute atomic E-state index is 13.0. The maximum Gasteiger partial charge on any atom is 0.270 e. The Labute approximate surface area is 128 Å². The van der Waals surface area contributed by atoms with Crippen LogP contribution in [0.1, 0.15) is 35.9 Å². The van der Waals surface area contributed by atoms with Crippen molar-refractivity contribution in [2.24, 2.45) is 5.92 Å². The van der Waals surface area contributed by atoms with Crippen molar-refractivity contribution in [1.82, 2.24) is 10.3 Å². The van der Waals surface area contributed by atoms with E-state index in [0.717, 1.165) is 5.56 Å². The molecule has 0 radical (unpaired) electrons. The number of hydrogen-bond acceptors (Lipinski definition) is 2. The molecule has 5 heteroatoms. The molecule has 1 unspecified atom stereocenters. The van der Waals surface area contributed by atoms with Gasteiger partial charge in [0.05, 0.1) is 6.04 Å². The van der Waals surface area contributed by atoms with Crippen LogP contribution < -0.4 is 5.32 Å². The first-order valence-electron chi connectivity index (χ1n) is 6.65. The van der Waals surface area contributed by atoms with E-state index in [2.05, 4.69) is 10.3 Å². The van der Waals surface area contributed by atoms with Crippen LogP contribution in [0.4, 0.5) is 4.39 Å². The van der Waals surface area contributed by atoms with Gasteiger partial charge < -0.3 is 5.32 Å². The van der Waals surface area contributed by atoms with E-state index in [4.69, 9.17) is 11.6 Å². The molecular weight excluding hydrogens is 291 g/mol. The van der Waals surface area contributed by atoms with Gasteiger partial charge in [0, 0.05) is 11.2 Å². The number of nitrogens with zero attached hydrogens (tertiary/aromatic N) is 1. The van der Waals surface area contributed by atoms with Crippen molar-refractivity contribution in [3.8, 4) is 0 Å². The number of nitrogens with one attached hydrogen (secondary N) is 1. The highest BCUT2D eigenvalue weighted by atomic mass is 35.5. The summed E-state index contributed by atoms with van der Waals surface area (Å²) in [6.45, 7) is 3.97. The van der Waals surface area contributed by atoms with Crippen LogP contribution in [0.5, 0.6) is 0 Å². The molecule has 0 aliphatic carbocycles. The molecule has 21 heavy (non-hydrogen) atoms. The topological polar surface area (TPSA) is 42.0 Å². The molecule has 1 heterocycles. The van der Waals surface area contributed by atoms with Crippen molar-refractivity contribution in [3.63, 3.8) is 0 Å². The molecule has 3 nitrogen and oxygen atoms in total. The van der Waals surface area contributed by atoms with Crippen LogP contribution in [-0.2, 0) is 0 Å². The van der Waals surface area contributed by atoms with Gasteiger partial charge in [-0.1, -0.05) is 37.6 Å². The standard InChI is InChI=1S/C16H16ClFN2O/c1-10(2)15(11-3-5-13(18)6-4-11)20-16(21)14-9-12(17)7-8-19-14/h3-10,15H,1-2H3,(H,20,21). The predicted molar refractivity (Wildman–Crippen MR) is 80.7 cm³/mol. The molecule has 110 valence electrons.